The summed E-state index contributed by atoms with van der Waals surface area (Å²) >= 11 is 6.75. The first kappa shape index (κ1) is 30.0. The van der Waals surface area contributed by atoms with E-state index in [0.29, 0.717) is 39.4 Å². The van der Waals surface area contributed by atoms with Gasteiger partial charge in [-0.15, -0.1) is 0 Å². The van der Waals surface area contributed by atoms with Crippen LogP contribution in [0, 0.1) is 11.8 Å². The number of ether oxygens (including phenoxy) is 2. The van der Waals surface area contributed by atoms with Crippen molar-refractivity contribution < 1.29 is 14.3 Å². The number of carbonyl (C=O) groups is 1. The smallest absolute Gasteiger partial charge is 0.168 e. The van der Waals surface area contributed by atoms with Crippen molar-refractivity contribution in [2.75, 3.05) is 7.11 Å². The molecule has 0 saturated heterocycles. The van der Waals surface area contributed by atoms with Crippen molar-refractivity contribution in [2.24, 2.45) is 11.8 Å². The van der Waals surface area contributed by atoms with E-state index in [1.165, 1.54) is 0 Å². The van der Waals surface area contributed by atoms with Gasteiger partial charge >= 0.3 is 0 Å². The number of ketones is 1. The first-order chi connectivity index (χ1) is 18.6. The van der Waals surface area contributed by atoms with Gasteiger partial charge in [0.05, 0.1) is 24.8 Å². The fourth-order valence-corrected chi connectivity index (χ4v) is 12.6. The molecule has 1 aliphatic carbocycles. The largest absolute Gasteiger partial charge is 0.497 e. The minimum Gasteiger partial charge on any atom is -0.497 e. The van der Waals surface area contributed by atoms with Crippen molar-refractivity contribution in [2.45, 2.75) is 96.2 Å². The van der Waals surface area contributed by atoms with Crippen LogP contribution in [0.5, 0.6) is 5.75 Å². The highest BCUT2D eigenvalue weighted by atomic mass is 35.5. The Balaban J connectivity index is 1.63. The number of fused-ring (bicyclic) bond motifs is 1. The Hall–Kier alpha value is -2.02. The molecule has 1 aliphatic rings. The molecule has 214 valence electrons. The molecule has 1 fully saturated rings. The zero-order valence-electron chi connectivity index (χ0n) is 24.7. The van der Waals surface area contributed by atoms with Crippen LogP contribution in [0.15, 0.2) is 42.7 Å². The van der Waals surface area contributed by atoms with Crippen LogP contribution >= 0.6 is 21.8 Å². The Kier molecular flexibility index (Phi) is 9.40. The number of benzene rings is 1. The zero-order valence-corrected chi connectivity index (χ0v) is 26.3. The van der Waals surface area contributed by atoms with Crippen LogP contribution in [0.25, 0.3) is 11.0 Å². The second-order valence-electron chi connectivity index (χ2n) is 11.6. The summed E-state index contributed by atoms with van der Waals surface area (Å²) in [5.41, 5.74) is 2.61. The zero-order chi connectivity index (χ0) is 28.5. The fourth-order valence-electron chi connectivity index (χ4n) is 6.96. The second kappa shape index (κ2) is 12.2. The number of Topliss-reactive ketones (excluding diaryl/α,β-unsaturated/α-hetero) is 1. The van der Waals surface area contributed by atoms with Crippen LogP contribution < -0.4 is 4.74 Å². The third-order valence-electron chi connectivity index (χ3n) is 8.64. The Labute approximate surface area is 241 Å². The minimum absolute atomic E-state index is 0.0478. The van der Waals surface area contributed by atoms with Crippen molar-refractivity contribution in [3.63, 3.8) is 0 Å². The third kappa shape index (κ3) is 5.49. The van der Waals surface area contributed by atoms with E-state index >= 15 is 0 Å². The van der Waals surface area contributed by atoms with E-state index in [1.54, 1.807) is 13.3 Å². The van der Waals surface area contributed by atoms with Crippen LogP contribution in [0.4, 0.5) is 0 Å². The van der Waals surface area contributed by atoms with Gasteiger partial charge in [-0.25, -0.2) is 4.98 Å². The molecule has 0 aliphatic heterocycles. The minimum atomic E-state index is -1.27. The van der Waals surface area contributed by atoms with E-state index in [0.717, 1.165) is 35.2 Å². The van der Waals surface area contributed by atoms with Crippen LogP contribution in [0.3, 0.4) is 0 Å². The molecule has 5 nitrogen and oxygen atoms in total. The molecule has 0 N–H and O–H groups in total. The second-order valence-corrected chi connectivity index (χ2v) is 16.7. The van der Waals surface area contributed by atoms with E-state index in [2.05, 4.69) is 64.7 Å². The average molecular weight is 573 g/mol. The maximum absolute atomic E-state index is 14.2. The quantitative estimate of drug-likeness (QED) is 0.216. The highest BCUT2D eigenvalue weighted by Gasteiger charge is 2.41. The first-order valence-corrected chi connectivity index (χ1v) is 16.5. The van der Waals surface area contributed by atoms with Crippen molar-refractivity contribution in [1.29, 1.82) is 0 Å². The average Bonchev–Trinajstić information content (AvgIpc) is 3.51. The first-order valence-electron chi connectivity index (χ1n) is 14.3. The van der Waals surface area contributed by atoms with Gasteiger partial charge in [0.15, 0.2) is 5.78 Å². The van der Waals surface area contributed by atoms with E-state index in [1.807, 2.05) is 24.3 Å². The summed E-state index contributed by atoms with van der Waals surface area (Å²) in [6.07, 6.45) is 6.43. The topological polar surface area (TPSA) is 53.4 Å². The summed E-state index contributed by atoms with van der Waals surface area (Å²) < 4.78 is 14.0. The number of hydrogen-bond donors (Lipinski definition) is 0. The molecule has 1 aromatic carbocycles. The summed E-state index contributed by atoms with van der Waals surface area (Å²) in [5, 5.41) is 2.72. The molecule has 0 amide bonds. The van der Waals surface area contributed by atoms with Gasteiger partial charge in [-0.05, 0) is 42.5 Å². The highest BCUT2D eigenvalue weighted by Crippen LogP contribution is 2.62. The van der Waals surface area contributed by atoms with E-state index < -0.39 is 10.2 Å². The number of methoxy groups -OCH3 is 1. The molecule has 3 aromatic rings. The molecule has 39 heavy (non-hydrogen) atoms. The Bertz CT molecular complexity index is 1260. The number of hydrogen-bond acceptors (Lipinski definition) is 4. The van der Waals surface area contributed by atoms with Crippen LogP contribution in [0.1, 0.15) is 83.7 Å². The number of halogens is 1. The molecule has 2 heterocycles. The van der Waals surface area contributed by atoms with Crippen LogP contribution in [0.2, 0.25) is 5.02 Å². The van der Waals surface area contributed by atoms with Gasteiger partial charge < -0.3 is 9.47 Å². The molecule has 2 aromatic heterocycles. The summed E-state index contributed by atoms with van der Waals surface area (Å²) in [4.78, 5) is 19.0. The van der Waals surface area contributed by atoms with Crippen molar-refractivity contribution in [3.05, 3.63) is 58.9 Å². The van der Waals surface area contributed by atoms with Gasteiger partial charge in [0.2, 0.25) is 0 Å². The van der Waals surface area contributed by atoms with Gasteiger partial charge in [0.25, 0.3) is 0 Å². The molecule has 4 rings (SSSR count). The van der Waals surface area contributed by atoms with Gasteiger partial charge in [0.1, 0.15) is 11.4 Å². The molecule has 1 saturated carbocycles. The van der Waals surface area contributed by atoms with Crippen molar-refractivity contribution >= 4 is 38.6 Å². The number of pyridine rings is 1. The van der Waals surface area contributed by atoms with Crippen LogP contribution in [-0.2, 0) is 11.3 Å². The van der Waals surface area contributed by atoms with E-state index in [-0.39, 0.29) is 23.7 Å². The molecule has 7 heteroatoms. The summed E-state index contributed by atoms with van der Waals surface area (Å²) in [6.45, 7) is 16.6. The Morgan fingerprint density at radius 2 is 1.69 bits per heavy atom. The molecule has 0 bridgehead atoms. The third-order valence-corrected chi connectivity index (χ3v) is 14.4. The SMILES string of the molecule is CCC1CC(OCc2ccc(OC)cc2)CC1C(=O)c1c(Cl)cnc2c1ccn2S(C(C)C)(C(C)C)C(C)C. The number of nitrogens with zero attached hydrogens (tertiary/aromatic N) is 2. The lowest BCUT2D eigenvalue weighted by Gasteiger charge is -2.52. The Morgan fingerprint density at radius 3 is 2.26 bits per heavy atom. The lowest BCUT2D eigenvalue weighted by molar-refractivity contribution is 0.0408. The number of carbonyl (C=O) groups excluding carboxylic acids is 1. The molecular formula is C32H45ClN2O3S. The summed E-state index contributed by atoms with van der Waals surface area (Å²) in [6, 6.07) is 10.0. The molecule has 3 atom stereocenters. The standard InChI is InChI=1S/C32H45ClN2O3S/c1-9-24-16-26(38-19-23-10-12-25(37-8)13-11-23)17-28(24)31(36)30-27-14-15-35(32(27)34-18-29(30)33)39(20(2)3,21(4)5)22(6)7/h10-15,18,20-22,24,26,28H,9,16-17,19H2,1-8H3. The monoisotopic (exact) mass is 572 g/mol. The Morgan fingerprint density at radius 1 is 1.05 bits per heavy atom. The van der Waals surface area contributed by atoms with Crippen molar-refractivity contribution in [3.8, 4) is 5.75 Å². The fraction of sp³-hybridized carbons (Fsp3) is 0.562. The predicted octanol–water partition coefficient (Wildman–Crippen LogP) is 8.70. The molecule has 0 radical (unpaired) electrons. The number of aromatic nitrogens is 2. The van der Waals surface area contributed by atoms with E-state index in [4.69, 9.17) is 26.1 Å². The summed E-state index contributed by atoms with van der Waals surface area (Å²) in [7, 11) is 0.394. The van der Waals surface area contributed by atoms with Crippen LogP contribution in [-0.4, -0.2) is 43.7 Å². The maximum Gasteiger partial charge on any atom is 0.168 e. The van der Waals surface area contributed by atoms with Crippen molar-refractivity contribution in [1.82, 2.24) is 8.96 Å². The molecule has 3 unspecified atom stereocenters. The highest BCUT2D eigenvalue weighted by molar-refractivity contribution is 8.33. The maximum atomic E-state index is 14.2. The van der Waals surface area contributed by atoms with Gasteiger partial charge in [-0.2, -0.15) is 10.2 Å². The predicted molar refractivity (Wildman–Crippen MR) is 166 cm³/mol. The van der Waals surface area contributed by atoms with E-state index in [9.17, 15) is 4.79 Å². The lowest BCUT2D eigenvalue weighted by atomic mass is 9.86. The van der Waals surface area contributed by atoms with Gasteiger partial charge in [-0.3, -0.25) is 8.77 Å². The number of rotatable bonds is 11. The van der Waals surface area contributed by atoms with Gasteiger partial charge in [-0.1, -0.05) is 78.6 Å². The summed E-state index contributed by atoms with van der Waals surface area (Å²) in [5.74, 6) is 1.12. The molecular weight excluding hydrogens is 528 g/mol. The van der Waals surface area contributed by atoms with Gasteiger partial charge in [0, 0.05) is 45.0 Å². The molecule has 0 spiro atoms. The lowest BCUT2D eigenvalue weighted by Crippen LogP contribution is -2.34. The normalized spacial score (nSPS) is 20.5.